The maximum Gasteiger partial charge on any atom is 0 e. The van der Waals surface area contributed by atoms with E-state index < -0.39 is 0 Å². The van der Waals surface area contributed by atoms with Crippen LogP contribution in [0.5, 0.6) is 0 Å². The van der Waals surface area contributed by atoms with Crippen molar-refractivity contribution >= 4 is 78.3 Å². The third kappa shape index (κ3) is 8.89. The van der Waals surface area contributed by atoms with Crippen molar-refractivity contribution in [2.45, 2.75) is 0 Å². The molecular formula is CaFeNaSi. The average Bonchev–Trinajstić information content (AvgIpc) is 0. The van der Waals surface area contributed by atoms with Gasteiger partial charge in [-0.05, 0) is 0 Å². The molecule has 7 radical (unpaired) electrons. The minimum atomic E-state index is 0. The molecule has 0 atom stereocenters. The Kier molecular flexibility index (Phi) is 117. The Hall–Kier alpha value is 3.00. The minimum absolute atomic E-state index is 0. The van der Waals surface area contributed by atoms with Crippen LogP contribution in [-0.2, 0) is 17.1 Å². The van der Waals surface area contributed by atoms with Crippen molar-refractivity contribution in [3.8, 4) is 0 Å². The van der Waals surface area contributed by atoms with Gasteiger partial charge >= 0.3 is 0 Å². The van der Waals surface area contributed by atoms with Crippen molar-refractivity contribution in [1.29, 1.82) is 0 Å². The molecule has 0 bridgehead atoms. The SMILES string of the molecule is [Ca].[Fe].[Na].[Si]. The molecule has 0 unspecified atom stereocenters. The topological polar surface area (TPSA) is 0 Å². The molecule has 15 valence electrons. The third-order valence-electron chi connectivity index (χ3n) is 0. The van der Waals surface area contributed by atoms with Crippen molar-refractivity contribution in [2.75, 3.05) is 0 Å². The van der Waals surface area contributed by atoms with Gasteiger partial charge in [-0.1, -0.05) is 0 Å². The summed E-state index contributed by atoms with van der Waals surface area (Å²) < 4.78 is 0. The molecule has 0 heterocycles. The van der Waals surface area contributed by atoms with Gasteiger partial charge in [-0.15, -0.1) is 0 Å². The van der Waals surface area contributed by atoms with Crippen LogP contribution < -0.4 is 0 Å². The first-order valence-corrected chi connectivity index (χ1v) is 0. The van der Waals surface area contributed by atoms with E-state index in [9.17, 15) is 0 Å². The first kappa shape index (κ1) is 28.0. The first-order valence-electron chi connectivity index (χ1n) is 0. The van der Waals surface area contributed by atoms with Gasteiger partial charge in [0.25, 0.3) is 0 Å². The van der Waals surface area contributed by atoms with Crippen molar-refractivity contribution in [3.05, 3.63) is 0 Å². The van der Waals surface area contributed by atoms with Gasteiger partial charge < -0.3 is 0 Å². The van der Waals surface area contributed by atoms with Gasteiger partial charge in [-0.2, -0.15) is 0 Å². The van der Waals surface area contributed by atoms with Crippen LogP contribution >= 0.6 is 0 Å². The molecule has 0 spiro atoms. The maximum absolute atomic E-state index is 0. The third-order valence-corrected chi connectivity index (χ3v) is 0. The fourth-order valence-corrected chi connectivity index (χ4v) is 0. The molecule has 0 saturated carbocycles. The van der Waals surface area contributed by atoms with Crippen molar-refractivity contribution in [3.63, 3.8) is 0 Å². The van der Waals surface area contributed by atoms with Gasteiger partial charge in [-0.3, -0.25) is 0 Å². The fraction of sp³-hybridized carbons (Fsp3) is 0. The van der Waals surface area contributed by atoms with Gasteiger partial charge in [-0.25, -0.2) is 0 Å². The minimum Gasteiger partial charge on any atom is 0 e. The van der Waals surface area contributed by atoms with E-state index in [0.29, 0.717) is 0 Å². The zero-order valence-corrected chi connectivity index (χ0v) is 8.87. The van der Waals surface area contributed by atoms with Crippen molar-refractivity contribution < 1.29 is 17.1 Å². The summed E-state index contributed by atoms with van der Waals surface area (Å²) in [6.45, 7) is 0. The molecule has 0 aliphatic heterocycles. The summed E-state index contributed by atoms with van der Waals surface area (Å²) in [6.07, 6.45) is 0. The summed E-state index contributed by atoms with van der Waals surface area (Å²) in [7, 11) is 0. The fourth-order valence-electron chi connectivity index (χ4n) is 0. The molecule has 0 aromatic heterocycles. The molecular weight excluding hydrogens is 147 g/mol. The number of hydrogen-bond acceptors (Lipinski definition) is 0. The van der Waals surface area contributed by atoms with E-state index in [1.54, 1.807) is 0 Å². The molecule has 0 N–H and O–H groups in total. The molecule has 0 aliphatic carbocycles. The van der Waals surface area contributed by atoms with E-state index in [4.69, 9.17) is 0 Å². The van der Waals surface area contributed by atoms with Gasteiger partial charge in [0.15, 0.2) is 0 Å². The van der Waals surface area contributed by atoms with Crippen LogP contribution in [0.1, 0.15) is 0 Å². The largest absolute Gasteiger partial charge is 0 e. The van der Waals surface area contributed by atoms with E-state index in [0.717, 1.165) is 0 Å². The molecule has 0 rings (SSSR count). The Bertz CT molecular complexity index is 8.00. The van der Waals surface area contributed by atoms with Crippen LogP contribution in [0.2, 0.25) is 0 Å². The second-order valence-electron chi connectivity index (χ2n) is 0. The zero-order chi connectivity index (χ0) is 0. The predicted octanol–water partition coefficient (Wildman–Crippen LogP) is -1.14. The average molecular weight is 147 g/mol. The normalized spacial score (nSPS) is 0. The van der Waals surface area contributed by atoms with Gasteiger partial charge in [0.2, 0.25) is 0 Å². The Labute approximate surface area is 93.3 Å². The molecule has 4 heavy (non-hydrogen) atoms. The Morgan fingerprint density at radius 1 is 1.00 bits per heavy atom. The van der Waals surface area contributed by atoms with Crippen LogP contribution in [0.15, 0.2) is 0 Å². The van der Waals surface area contributed by atoms with E-state index >= 15 is 0 Å². The van der Waals surface area contributed by atoms with Gasteiger partial charge in [0.05, 0.1) is 0 Å². The van der Waals surface area contributed by atoms with Crippen molar-refractivity contribution in [2.24, 2.45) is 0 Å². The number of hydrogen-bond donors (Lipinski definition) is 0. The zero-order valence-electron chi connectivity index (χ0n) is 2.56. The summed E-state index contributed by atoms with van der Waals surface area (Å²) in [5.41, 5.74) is 0. The van der Waals surface area contributed by atoms with E-state index in [1.807, 2.05) is 0 Å². The van der Waals surface area contributed by atoms with E-state index in [2.05, 4.69) is 0 Å². The summed E-state index contributed by atoms with van der Waals surface area (Å²) in [4.78, 5) is 0. The summed E-state index contributed by atoms with van der Waals surface area (Å²) >= 11 is 0. The molecule has 0 saturated heterocycles. The standard InChI is InChI=1S/Ca.Fe.Na.Si. The Morgan fingerprint density at radius 2 is 1.00 bits per heavy atom. The molecule has 0 aromatic rings. The van der Waals surface area contributed by atoms with Crippen LogP contribution in [0, 0.1) is 0 Å². The molecule has 0 aromatic carbocycles. The molecule has 0 aliphatic rings. The van der Waals surface area contributed by atoms with Crippen molar-refractivity contribution in [1.82, 2.24) is 0 Å². The van der Waals surface area contributed by atoms with Crippen LogP contribution in [0.25, 0.3) is 0 Å². The Morgan fingerprint density at radius 3 is 1.00 bits per heavy atom. The van der Waals surface area contributed by atoms with Crippen LogP contribution in [0.4, 0.5) is 0 Å². The maximum atomic E-state index is 0. The van der Waals surface area contributed by atoms with Gasteiger partial charge in [0.1, 0.15) is 0 Å². The molecule has 0 nitrogen and oxygen atoms in total. The second kappa shape index (κ2) is 16.7. The Balaban J connectivity index is 0. The summed E-state index contributed by atoms with van der Waals surface area (Å²) in [5, 5.41) is 0. The number of rotatable bonds is 0. The second-order valence-corrected chi connectivity index (χ2v) is 0. The molecule has 0 fully saturated rings. The monoisotopic (exact) mass is 147 g/mol. The summed E-state index contributed by atoms with van der Waals surface area (Å²) in [6, 6.07) is 0. The van der Waals surface area contributed by atoms with E-state index in [1.165, 1.54) is 0 Å². The van der Waals surface area contributed by atoms with Gasteiger partial charge in [0, 0.05) is 95.3 Å². The quantitative estimate of drug-likeness (QED) is 0.380. The predicted molar refractivity (Wildman–Crippen MR) is 17.3 cm³/mol. The molecule has 4 heteroatoms. The summed E-state index contributed by atoms with van der Waals surface area (Å²) in [5.74, 6) is 0. The molecule has 0 amide bonds. The van der Waals surface area contributed by atoms with E-state index in [-0.39, 0.29) is 95.3 Å². The smallest absolute Gasteiger partial charge is 0 e. The first-order chi connectivity index (χ1) is 0. The van der Waals surface area contributed by atoms with Crippen LogP contribution in [-0.4, -0.2) is 78.3 Å². The van der Waals surface area contributed by atoms with Crippen LogP contribution in [0.3, 0.4) is 0 Å².